The molecule has 0 unspecified atom stereocenters. The van der Waals surface area contributed by atoms with Gasteiger partial charge in [-0.1, -0.05) is 0 Å². The van der Waals surface area contributed by atoms with Crippen molar-refractivity contribution in [3.05, 3.63) is 23.5 Å². The van der Waals surface area contributed by atoms with Crippen LogP contribution < -0.4 is 9.47 Å². The maximum absolute atomic E-state index is 13.9. The number of rotatable bonds is 4. The summed E-state index contributed by atoms with van der Waals surface area (Å²) in [5, 5.41) is 0. The lowest BCUT2D eigenvalue weighted by atomic mass is 10.0. The van der Waals surface area contributed by atoms with Crippen molar-refractivity contribution in [2.24, 2.45) is 4.99 Å². The van der Waals surface area contributed by atoms with Crippen molar-refractivity contribution in [1.29, 1.82) is 0 Å². The molecule has 0 aliphatic heterocycles. The molecule has 1 aliphatic rings. The Morgan fingerprint density at radius 1 is 1.29 bits per heavy atom. The third-order valence-corrected chi connectivity index (χ3v) is 2.96. The molecule has 17 heavy (non-hydrogen) atoms. The lowest BCUT2D eigenvalue weighted by molar-refractivity contribution is 0.350. The smallest absolute Gasteiger partial charge is 0.235 e. The fourth-order valence-electron chi connectivity index (χ4n) is 1.86. The normalized spacial score (nSPS) is 15.9. The van der Waals surface area contributed by atoms with Gasteiger partial charge in [0.2, 0.25) is 6.08 Å². The Morgan fingerprint density at radius 3 is 2.35 bits per heavy atom. The van der Waals surface area contributed by atoms with Crippen LogP contribution in [0.5, 0.6) is 11.5 Å². The summed E-state index contributed by atoms with van der Waals surface area (Å²) in [6.45, 7) is 0. The van der Waals surface area contributed by atoms with Gasteiger partial charge in [-0.15, -0.1) is 0 Å². The van der Waals surface area contributed by atoms with Crippen molar-refractivity contribution in [3.63, 3.8) is 0 Å². The van der Waals surface area contributed by atoms with Gasteiger partial charge in [0.05, 0.1) is 14.2 Å². The van der Waals surface area contributed by atoms with E-state index < -0.39 is 11.4 Å². The monoisotopic (exact) mass is 237 g/mol. The summed E-state index contributed by atoms with van der Waals surface area (Å²) in [5.41, 5.74) is -0.385. The van der Waals surface area contributed by atoms with Gasteiger partial charge in [0, 0.05) is 11.6 Å². The van der Waals surface area contributed by atoms with Crippen LogP contribution in [0.15, 0.2) is 17.1 Å². The molecular weight excluding hydrogens is 225 g/mol. The molecule has 0 spiro atoms. The SMILES string of the molecule is COc1cc(F)c(C2(N=C=O)CC2)cc1OC. The minimum Gasteiger partial charge on any atom is -0.493 e. The molecule has 1 saturated carbocycles. The highest BCUT2D eigenvalue weighted by atomic mass is 19.1. The summed E-state index contributed by atoms with van der Waals surface area (Å²) >= 11 is 0. The van der Waals surface area contributed by atoms with Gasteiger partial charge >= 0.3 is 0 Å². The van der Waals surface area contributed by atoms with E-state index in [-0.39, 0.29) is 0 Å². The van der Waals surface area contributed by atoms with Gasteiger partial charge in [0.15, 0.2) is 11.5 Å². The second-order valence-corrected chi connectivity index (χ2v) is 3.92. The molecule has 1 aliphatic carbocycles. The lowest BCUT2D eigenvalue weighted by Gasteiger charge is -2.14. The third-order valence-electron chi connectivity index (χ3n) is 2.96. The predicted molar refractivity (Wildman–Crippen MR) is 58.5 cm³/mol. The second-order valence-electron chi connectivity index (χ2n) is 3.92. The molecule has 0 N–H and O–H groups in total. The summed E-state index contributed by atoms with van der Waals surface area (Å²) in [7, 11) is 2.91. The number of carbonyl (C=O) groups excluding carboxylic acids is 1. The quantitative estimate of drug-likeness (QED) is 0.595. The zero-order chi connectivity index (χ0) is 12.5. The van der Waals surface area contributed by atoms with E-state index in [9.17, 15) is 9.18 Å². The first-order valence-electron chi connectivity index (χ1n) is 5.18. The zero-order valence-corrected chi connectivity index (χ0v) is 9.62. The molecule has 0 heterocycles. The first-order valence-corrected chi connectivity index (χ1v) is 5.18. The van der Waals surface area contributed by atoms with Gasteiger partial charge in [-0.25, -0.2) is 9.18 Å². The average molecular weight is 237 g/mol. The molecule has 5 heteroatoms. The lowest BCUT2D eigenvalue weighted by Crippen LogP contribution is -2.07. The van der Waals surface area contributed by atoms with Gasteiger partial charge in [0.25, 0.3) is 0 Å². The van der Waals surface area contributed by atoms with E-state index in [0.717, 1.165) is 0 Å². The van der Waals surface area contributed by atoms with Gasteiger partial charge in [0.1, 0.15) is 11.4 Å². The summed E-state index contributed by atoms with van der Waals surface area (Å²) in [5.74, 6) is 0.301. The average Bonchev–Trinajstić information content (AvgIpc) is 3.09. The van der Waals surface area contributed by atoms with E-state index in [1.165, 1.54) is 32.4 Å². The Kier molecular flexibility index (Phi) is 2.86. The summed E-state index contributed by atoms with van der Waals surface area (Å²) in [6.07, 6.45) is 2.79. The van der Waals surface area contributed by atoms with Crippen LogP contribution >= 0.6 is 0 Å². The molecule has 2 rings (SSSR count). The summed E-state index contributed by atoms with van der Waals surface area (Å²) in [4.78, 5) is 14.0. The first kappa shape index (κ1) is 11.6. The Labute approximate surface area is 98.1 Å². The number of isocyanates is 1. The van der Waals surface area contributed by atoms with Gasteiger partial charge < -0.3 is 9.47 Å². The number of hydrogen-bond donors (Lipinski definition) is 0. The van der Waals surface area contributed by atoms with Crippen LogP contribution in [0, 0.1) is 5.82 Å². The summed E-state index contributed by atoms with van der Waals surface area (Å²) in [6, 6.07) is 2.77. The maximum Gasteiger partial charge on any atom is 0.235 e. The molecule has 0 radical (unpaired) electrons. The first-order chi connectivity index (χ1) is 8.16. The third kappa shape index (κ3) is 1.89. The molecule has 0 aromatic heterocycles. The molecule has 1 aromatic rings. The maximum atomic E-state index is 13.9. The minimum absolute atomic E-state index is 0.319. The van der Waals surface area contributed by atoms with Crippen molar-refractivity contribution in [2.75, 3.05) is 14.2 Å². The Hall–Kier alpha value is -1.87. The molecule has 0 amide bonds. The fraction of sp³-hybridized carbons (Fsp3) is 0.417. The van der Waals surface area contributed by atoms with Crippen LogP contribution in [0.4, 0.5) is 4.39 Å². The highest BCUT2D eigenvalue weighted by Crippen LogP contribution is 2.51. The fourth-order valence-corrected chi connectivity index (χ4v) is 1.86. The molecule has 4 nitrogen and oxygen atoms in total. The number of halogens is 1. The number of aliphatic imine (C=N–C) groups is 1. The van der Waals surface area contributed by atoms with Crippen LogP contribution in [0.3, 0.4) is 0 Å². The molecule has 0 atom stereocenters. The van der Waals surface area contributed by atoms with Gasteiger partial charge in [-0.3, -0.25) is 0 Å². The van der Waals surface area contributed by atoms with Crippen LogP contribution in [-0.2, 0) is 10.3 Å². The Morgan fingerprint density at radius 2 is 1.88 bits per heavy atom. The molecular formula is C12H12FNO3. The highest BCUT2D eigenvalue weighted by molar-refractivity contribution is 5.49. The predicted octanol–water partition coefficient (Wildman–Crippen LogP) is 2.17. The summed E-state index contributed by atoms with van der Waals surface area (Å²) < 4.78 is 24.0. The van der Waals surface area contributed by atoms with Gasteiger partial charge in [-0.05, 0) is 18.9 Å². The van der Waals surface area contributed by atoms with E-state index in [0.29, 0.717) is 29.9 Å². The van der Waals surface area contributed by atoms with Crippen molar-refractivity contribution in [1.82, 2.24) is 0 Å². The molecule has 0 saturated heterocycles. The largest absolute Gasteiger partial charge is 0.493 e. The molecule has 90 valence electrons. The number of ether oxygens (including phenoxy) is 2. The standard InChI is InChI=1S/C12H12FNO3/c1-16-10-5-8(9(13)6-11(10)17-2)12(3-4-12)14-7-15/h5-6H,3-4H2,1-2H3. The van der Waals surface area contributed by atoms with Crippen LogP contribution in [-0.4, -0.2) is 20.3 Å². The highest BCUT2D eigenvalue weighted by Gasteiger charge is 2.47. The van der Waals surface area contributed by atoms with Gasteiger partial charge in [-0.2, -0.15) is 4.99 Å². The molecule has 0 bridgehead atoms. The van der Waals surface area contributed by atoms with Crippen LogP contribution in [0.1, 0.15) is 18.4 Å². The Balaban J connectivity index is 2.52. The van der Waals surface area contributed by atoms with Crippen molar-refractivity contribution >= 4 is 6.08 Å². The second kappa shape index (κ2) is 4.18. The minimum atomic E-state index is -0.745. The van der Waals surface area contributed by atoms with E-state index in [1.54, 1.807) is 0 Å². The number of methoxy groups -OCH3 is 2. The molecule has 1 fully saturated rings. The van der Waals surface area contributed by atoms with E-state index in [4.69, 9.17) is 9.47 Å². The number of hydrogen-bond acceptors (Lipinski definition) is 4. The number of nitrogens with zero attached hydrogens (tertiary/aromatic N) is 1. The van der Waals surface area contributed by atoms with Crippen LogP contribution in [0.25, 0.3) is 0 Å². The Bertz CT molecular complexity index is 491. The van der Waals surface area contributed by atoms with Crippen molar-refractivity contribution < 1.29 is 18.7 Å². The van der Waals surface area contributed by atoms with Crippen molar-refractivity contribution in [2.45, 2.75) is 18.4 Å². The van der Waals surface area contributed by atoms with E-state index in [2.05, 4.69) is 4.99 Å². The van der Waals surface area contributed by atoms with E-state index in [1.807, 2.05) is 0 Å². The molecule has 1 aromatic carbocycles. The van der Waals surface area contributed by atoms with E-state index >= 15 is 0 Å². The van der Waals surface area contributed by atoms with Crippen molar-refractivity contribution in [3.8, 4) is 11.5 Å². The number of benzene rings is 1. The topological polar surface area (TPSA) is 47.9 Å². The van der Waals surface area contributed by atoms with Crippen LogP contribution in [0.2, 0.25) is 0 Å². The zero-order valence-electron chi connectivity index (χ0n) is 9.62.